The van der Waals surface area contributed by atoms with Crippen molar-refractivity contribution in [3.05, 3.63) is 35.9 Å². The van der Waals surface area contributed by atoms with Gasteiger partial charge < -0.3 is 19.8 Å². The molecule has 1 heterocycles. The topological polar surface area (TPSA) is 59.2 Å². The summed E-state index contributed by atoms with van der Waals surface area (Å²) >= 11 is 0. The fourth-order valence-corrected chi connectivity index (χ4v) is 1.74. The van der Waals surface area contributed by atoms with Gasteiger partial charge in [0.25, 0.3) is 0 Å². The normalized spacial score (nSPS) is 10.2. The van der Waals surface area contributed by atoms with Crippen molar-refractivity contribution >= 4 is 5.69 Å². The van der Waals surface area contributed by atoms with Crippen LogP contribution in [0.15, 0.2) is 24.5 Å². The molecule has 2 rings (SSSR count). The van der Waals surface area contributed by atoms with Crippen LogP contribution in [0.5, 0.6) is 11.5 Å². The number of hydrogen-bond donors (Lipinski definition) is 2. The van der Waals surface area contributed by atoms with Crippen molar-refractivity contribution in [1.82, 2.24) is 9.97 Å². The quantitative estimate of drug-likeness (QED) is 0.851. The first-order valence-electron chi connectivity index (χ1n) is 5.69. The van der Waals surface area contributed by atoms with Crippen LogP contribution in [0.1, 0.15) is 11.4 Å². The number of aromatic amines is 1. The molecule has 0 aliphatic rings. The lowest BCUT2D eigenvalue weighted by atomic mass is 10.1. The van der Waals surface area contributed by atoms with Gasteiger partial charge in [0.1, 0.15) is 5.82 Å². The number of aryl methyl sites for hydroxylation is 1. The van der Waals surface area contributed by atoms with Crippen molar-refractivity contribution in [2.24, 2.45) is 0 Å². The van der Waals surface area contributed by atoms with E-state index in [4.69, 9.17) is 9.47 Å². The molecule has 0 radical (unpaired) electrons. The maximum absolute atomic E-state index is 5.28. The molecule has 2 aromatic rings. The molecule has 0 atom stereocenters. The van der Waals surface area contributed by atoms with E-state index in [-0.39, 0.29) is 0 Å². The number of imidazole rings is 1. The number of anilines is 1. The molecule has 0 spiro atoms. The molecule has 5 heteroatoms. The van der Waals surface area contributed by atoms with Crippen LogP contribution in [-0.4, -0.2) is 24.2 Å². The van der Waals surface area contributed by atoms with Gasteiger partial charge >= 0.3 is 0 Å². The van der Waals surface area contributed by atoms with Crippen molar-refractivity contribution in [2.45, 2.75) is 13.5 Å². The van der Waals surface area contributed by atoms with E-state index >= 15 is 0 Å². The third-order valence-electron chi connectivity index (χ3n) is 2.73. The van der Waals surface area contributed by atoms with Crippen molar-refractivity contribution in [3.8, 4) is 11.5 Å². The molecule has 0 bridgehead atoms. The van der Waals surface area contributed by atoms with Gasteiger partial charge in [0.05, 0.1) is 20.8 Å². The molecule has 2 N–H and O–H groups in total. The Hall–Kier alpha value is -2.17. The highest BCUT2D eigenvalue weighted by atomic mass is 16.5. The number of rotatable bonds is 5. The van der Waals surface area contributed by atoms with Gasteiger partial charge in [0.2, 0.25) is 0 Å². The van der Waals surface area contributed by atoms with Gasteiger partial charge in [-0.25, -0.2) is 4.98 Å². The third-order valence-corrected chi connectivity index (χ3v) is 2.73. The van der Waals surface area contributed by atoms with Crippen molar-refractivity contribution < 1.29 is 9.47 Å². The van der Waals surface area contributed by atoms with Crippen LogP contribution < -0.4 is 14.8 Å². The average Bonchev–Trinajstić information content (AvgIpc) is 2.90. The van der Waals surface area contributed by atoms with Crippen LogP contribution in [0.3, 0.4) is 0 Å². The number of nitrogens with one attached hydrogen (secondary N) is 2. The Labute approximate surface area is 106 Å². The Morgan fingerprint density at radius 1 is 1.22 bits per heavy atom. The SMILES string of the molecule is COc1cc(C)c(NCc2ncc[nH]2)cc1OC. The Morgan fingerprint density at radius 2 is 1.94 bits per heavy atom. The minimum absolute atomic E-state index is 0.642. The minimum Gasteiger partial charge on any atom is -0.493 e. The monoisotopic (exact) mass is 247 g/mol. The van der Waals surface area contributed by atoms with Gasteiger partial charge in [-0.15, -0.1) is 0 Å². The van der Waals surface area contributed by atoms with E-state index in [0.717, 1.165) is 22.8 Å². The minimum atomic E-state index is 0.642. The highest BCUT2D eigenvalue weighted by Gasteiger charge is 2.08. The van der Waals surface area contributed by atoms with Crippen molar-refractivity contribution in [2.75, 3.05) is 19.5 Å². The Balaban J connectivity index is 2.17. The number of aromatic nitrogens is 2. The molecule has 18 heavy (non-hydrogen) atoms. The van der Waals surface area contributed by atoms with Gasteiger partial charge in [-0.2, -0.15) is 0 Å². The summed E-state index contributed by atoms with van der Waals surface area (Å²) in [6.45, 7) is 2.66. The zero-order valence-corrected chi connectivity index (χ0v) is 10.8. The summed E-state index contributed by atoms with van der Waals surface area (Å²) in [5, 5.41) is 3.31. The summed E-state index contributed by atoms with van der Waals surface area (Å²) in [5.41, 5.74) is 2.10. The van der Waals surface area contributed by atoms with Crippen molar-refractivity contribution in [1.29, 1.82) is 0 Å². The number of hydrogen-bond acceptors (Lipinski definition) is 4. The van der Waals surface area contributed by atoms with E-state index in [0.29, 0.717) is 12.3 Å². The lowest BCUT2D eigenvalue weighted by Crippen LogP contribution is -2.03. The fourth-order valence-electron chi connectivity index (χ4n) is 1.74. The van der Waals surface area contributed by atoms with Crippen LogP contribution in [0.4, 0.5) is 5.69 Å². The predicted molar refractivity (Wildman–Crippen MR) is 70.2 cm³/mol. The summed E-state index contributed by atoms with van der Waals surface area (Å²) in [5.74, 6) is 2.34. The first-order chi connectivity index (χ1) is 8.74. The van der Waals surface area contributed by atoms with Gasteiger partial charge in [-0.05, 0) is 18.6 Å². The molecule has 0 amide bonds. The molecule has 0 aliphatic carbocycles. The highest BCUT2D eigenvalue weighted by molar-refractivity contribution is 5.60. The summed E-state index contributed by atoms with van der Waals surface area (Å²) < 4.78 is 10.5. The standard InChI is InChI=1S/C13H17N3O2/c1-9-6-11(17-2)12(18-3)7-10(9)16-8-13-14-4-5-15-13/h4-7,16H,8H2,1-3H3,(H,14,15). The maximum atomic E-state index is 5.28. The molecular weight excluding hydrogens is 230 g/mol. The third kappa shape index (κ3) is 2.56. The lowest BCUT2D eigenvalue weighted by molar-refractivity contribution is 0.355. The number of ether oxygens (including phenoxy) is 2. The predicted octanol–water partition coefficient (Wildman–Crippen LogP) is 2.35. The van der Waals surface area contributed by atoms with Crippen LogP contribution in [0, 0.1) is 6.92 Å². The summed E-state index contributed by atoms with van der Waals surface area (Å²) in [7, 11) is 3.26. The van der Waals surface area contributed by atoms with Crippen LogP contribution >= 0.6 is 0 Å². The van der Waals surface area contributed by atoms with Crippen LogP contribution in [-0.2, 0) is 6.54 Å². The molecule has 0 saturated heterocycles. The van der Waals surface area contributed by atoms with Gasteiger partial charge in [-0.3, -0.25) is 0 Å². The Morgan fingerprint density at radius 3 is 2.56 bits per heavy atom. The largest absolute Gasteiger partial charge is 0.493 e. The van der Waals surface area contributed by atoms with E-state index in [1.165, 1.54) is 0 Å². The zero-order valence-electron chi connectivity index (χ0n) is 10.8. The van der Waals surface area contributed by atoms with Gasteiger partial charge in [0.15, 0.2) is 11.5 Å². The molecule has 96 valence electrons. The first-order valence-corrected chi connectivity index (χ1v) is 5.69. The number of benzene rings is 1. The number of methoxy groups -OCH3 is 2. The summed E-state index contributed by atoms with van der Waals surface area (Å²) in [4.78, 5) is 7.21. The Kier molecular flexibility index (Phi) is 3.72. The molecule has 0 aliphatic heterocycles. The lowest BCUT2D eigenvalue weighted by Gasteiger charge is -2.13. The number of H-pyrrole nitrogens is 1. The molecule has 1 aromatic heterocycles. The molecular formula is C13H17N3O2. The average molecular weight is 247 g/mol. The van der Waals surface area contributed by atoms with Crippen LogP contribution in [0.2, 0.25) is 0 Å². The first kappa shape index (κ1) is 12.3. The summed E-state index contributed by atoms with van der Waals surface area (Å²) in [6, 6.07) is 3.88. The molecule has 5 nitrogen and oxygen atoms in total. The highest BCUT2D eigenvalue weighted by Crippen LogP contribution is 2.32. The Bertz CT molecular complexity index is 509. The van der Waals surface area contributed by atoms with Crippen LogP contribution in [0.25, 0.3) is 0 Å². The second kappa shape index (κ2) is 5.44. The zero-order chi connectivity index (χ0) is 13.0. The number of nitrogens with zero attached hydrogens (tertiary/aromatic N) is 1. The van der Waals surface area contributed by atoms with E-state index in [1.54, 1.807) is 26.6 Å². The van der Waals surface area contributed by atoms with Crippen molar-refractivity contribution in [3.63, 3.8) is 0 Å². The fraction of sp³-hybridized carbons (Fsp3) is 0.308. The molecule has 1 aromatic carbocycles. The van der Waals surface area contributed by atoms with E-state index < -0.39 is 0 Å². The maximum Gasteiger partial charge on any atom is 0.162 e. The van der Waals surface area contributed by atoms with E-state index in [2.05, 4.69) is 15.3 Å². The second-order valence-electron chi connectivity index (χ2n) is 3.91. The molecule has 0 saturated carbocycles. The van der Waals surface area contributed by atoms with E-state index in [1.807, 2.05) is 19.1 Å². The second-order valence-corrected chi connectivity index (χ2v) is 3.91. The molecule has 0 fully saturated rings. The smallest absolute Gasteiger partial charge is 0.162 e. The summed E-state index contributed by atoms with van der Waals surface area (Å²) in [6.07, 6.45) is 3.54. The van der Waals surface area contributed by atoms with Gasteiger partial charge in [0, 0.05) is 24.1 Å². The van der Waals surface area contributed by atoms with E-state index in [9.17, 15) is 0 Å². The molecule has 0 unspecified atom stereocenters. The van der Waals surface area contributed by atoms with Gasteiger partial charge in [-0.1, -0.05) is 0 Å².